The van der Waals surface area contributed by atoms with Crippen LogP contribution in [0.1, 0.15) is 38.7 Å². The maximum absolute atomic E-state index is 13.5. The summed E-state index contributed by atoms with van der Waals surface area (Å²) in [6.45, 7) is 4.29. The van der Waals surface area contributed by atoms with Crippen molar-refractivity contribution in [3.8, 4) is 6.07 Å². The van der Waals surface area contributed by atoms with Crippen LogP contribution >= 0.6 is 0 Å². The van der Waals surface area contributed by atoms with Crippen LogP contribution in [0.3, 0.4) is 0 Å². The fourth-order valence-corrected chi connectivity index (χ4v) is 2.51. The molecule has 1 aliphatic heterocycles. The van der Waals surface area contributed by atoms with Gasteiger partial charge in [0.1, 0.15) is 17.4 Å². The normalized spacial score (nSPS) is 24.6. The van der Waals surface area contributed by atoms with Gasteiger partial charge in [0.05, 0.1) is 5.69 Å². The molecule has 2 unspecified atom stereocenters. The largest absolute Gasteiger partial charge is 0.317 e. The Morgan fingerprint density at radius 2 is 2.00 bits per heavy atom. The summed E-state index contributed by atoms with van der Waals surface area (Å²) in [6, 6.07) is 7.38. The van der Waals surface area contributed by atoms with E-state index >= 15 is 0 Å². The molecule has 18 heavy (non-hydrogen) atoms. The minimum absolute atomic E-state index is 0.0856. The van der Waals surface area contributed by atoms with Crippen LogP contribution in [-0.2, 0) is 0 Å². The van der Waals surface area contributed by atoms with Crippen LogP contribution in [0.4, 0.5) is 10.1 Å². The molecular weight excluding hydrogens is 229 g/mol. The maximum Gasteiger partial charge on any atom is 0.143 e. The number of halogens is 1. The number of benzene rings is 1. The summed E-state index contributed by atoms with van der Waals surface area (Å²) in [5.41, 5.74) is 3.85. The van der Waals surface area contributed by atoms with Crippen molar-refractivity contribution in [2.75, 3.05) is 5.43 Å². The van der Waals surface area contributed by atoms with Gasteiger partial charge in [-0.1, -0.05) is 12.5 Å². The lowest BCUT2D eigenvalue weighted by Gasteiger charge is -2.39. The fourth-order valence-electron chi connectivity index (χ4n) is 2.51. The second-order valence-electron chi connectivity index (χ2n) is 4.92. The smallest absolute Gasteiger partial charge is 0.143 e. The molecule has 0 bridgehead atoms. The van der Waals surface area contributed by atoms with Gasteiger partial charge in [-0.15, -0.1) is 0 Å². The topological polar surface area (TPSA) is 39.1 Å². The Hall–Kier alpha value is -1.60. The Morgan fingerprint density at radius 1 is 1.33 bits per heavy atom. The molecule has 2 rings (SSSR count). The molecule has 0 aliphatic carbocycles. The van der Waals surface area contributed by atoms with Crippen LogP contribution in [0.15, 0.2) is 18.2 Å². The Labute approximate surface area is 107 Å². The molecule has 96 valence electrons. The summed E-state index contributed by atoms with van der Waals surface area (Å²) in [5.74, 6) is -0.472. The van der Waals surface area contributed by atoms with Gasteiger partial charge in [-0.2, -0.15) is 5.26 Å². The molecule has 0 aromatic heterocycles. The van der Waals surface area contributed by atoms with E-state index in [0.717, 1.165) is 12.8 Å². The number of hydrogen-bond acceptors (Lipinski definition) is 3. The van der Waals surface area contributed by atoms with Crippen LogP contribution in [0.5, 0.6) is 0 Å². The summed E-state index contributed by atoms with van der Waals surface area (Å²) in [4.78, 5) is 0. The number of anilines is 1. The molecule has 1 heterocycles. The van der Waals surface area contributed by atoms with E-state index in [4.69, 9.17) is 5.26 Å². The highest BCUT2D eigenvalue weighted by Gasteiger charge is 2.25. The van der Waals surface area contributed by atoms with E-state index in [9.17, 15) is 4.39 Å². The van der Waals surface area contributed by atoms with Crippen molar-refractivity contribution < 1.29 is 4.39 Å². The third-order valence-corrected chi connectivity index (χ3v) is 3.57. The first kappa shape index (κ1) is 12.8. The first-order valence-electron chi connectivity index (χ1n) is 6.37. The van der Waals surface area contributed by atoms with Crippen LogP contribution in [-0.4, -0.2) is 17.1 Å². The van der Waals surface area contributed by atoms with Crippen molar-refractivity contribution in [1.29, 1.82) is 5.26 Å². The molecule has 2 atom stereocenters. The number of piperidine rings is 1. The van der Waals surface area contributed by atoms with Crippen molar-refractivity contribution in [2.45, 2.75) is 45.2 Å². The van der Waals surface area contributed by atoms with Gasteiger partial charge in [0.15, 0.2) is 0 Å². The highest BCUT2D eigenvalue weighted by Crippen LogP contribution is 2.25. The van der Waals surface area contributed by atoms with Crippen molar-refractivity contribution in [3.63, 3.8) is 0 Å². The predicted molar refractivity (Wildman–Crippen MR) is 69.4 cm³/mol. The molecular formula is C14H18FN3. The summed E-state index contributed by atoms with van der Waals surface area (Å²) < 4.78 is 13.5. The van der Waals surface area contributed by atoms with Crippen LogP contribution < -0.4 is 5.43 Å². The van der Waals surface area contributed by atoms with E-state index < -0.39 is 5.82 Å². The first-order chi connectivity index (χ1) is 8.63. The molecule has 1 aromatic carbocycles. The number of nitrogens with zero attached hydrogens (tertiary/aromatic N) is 2. The van der Waals surface area contributed by atoms with E-state index in [-0.39, 0.29) is 5.56 Å². The SMILES string of the molecule is CC1CCCC(C)N1Nc1cccc(F)c1C#N. The zero-order chi connectivity index (χ0) is 13.1. The third-order valence-electron chi connectivity index (χ3n) is 3.57. The first-order valence-corrected chi connectivity index (χ1v) is 6.37. The van der Waals surface area contributed by atoms with Crippen LogP contribution in [0.2, 0.25) is 0 Å². The Balaban J connectivity index is 2.23. The summed E-state index contributed by atoms with van der Waals surface area (Å²) in [6.07, 6.45) is 3.46. The fraction of sp³-hybridized carbons (Fsp3) is 0.500. The van der Waals surface area contributed by atoms with Crippen LogP contribution in [0.25, 0.3) is 0 Å². The minimum Gasteiger partial charge on any atom is -0.317 e. The number of hydrogen-bond donors (Lipinski definition) is 1. The maximum atomic E-state index is 13.5. The average molecular weight is 247 g/mol. The zero-order valence-electron chi connectivity index (χ0n) is 10.8. The molecule has 1 saturated heterocycles. The number of nitrogens with one attached hydrogen (secondary N) is 1. The van der Waals surface area contributed by atoms with Gasteiger partial charge in [0, 0.05) is 12.1 Å². The second kappa shape index (κ2) is 5.36. The summed E-state index contributed by atoms with van der Waals surface area (Å²) >= 11 is 0. The molecule has 0 spiro atoms. The van der Waals surface area contributed by atoms with E-state index in [1.165, 1.54) is 12.5 Å². The molecule has 3 nitrogen and oxygen atoms in total. The molecule has 0 amide bonds. The Bertz CT molecular complexity index is 457. The van der Waals surface area contributed by atoms with E-state index in [0.29, 0.717) is 17.8 Å². The highest BCUT2D eigenvalue weighted by molar-refractivity contribution is 5.57. The third kappa shape index (κ3) is 2.46. The second-order valence-corrected chi connectivity index (χ2v) is 4.92. The Morgan fingerprint density at radius 3 is 2.61 bits per heavy atom. The summed E-state index contributed by atoms with van der Waals surface area (Å²) in [7, 11) is 0. The molecule has 4 heteroatoms. The van der Waals surface area contributed by atoms with E-state index in [1.54, 1.807) is 12.1 Å². The number of nitriles is 1. The molecule has 1 fully saturated rings. The van der Waals surface area contributed by atoms with Gasteiger partial charge < -0.3 is 5.43 Å². The lowest BCUT2D eigenvalue weighted by molar-refractivity contribution is 0.135. The molecule has 1 aromatic rings. The standard InChI is InChI=1S/C14H18FN3/c1-10-5-3-6-11(2)18(10)17-14-8-4-7-13(15)12(14)9-16/h4,7-8,10-11,17H,3,5-6H2,1-2H3. The van der Waals surface area contributed by atoms with Gasteiger partial charge >= 0.3 is 0 Å². The molecule has 1 aliphatic rings. The number of rotatable bonds is 2. The van der Waals surface area contributed by atoms with Gasteiger partial charge in [0.25, 0.3) is 0 Å². The van der Waals surface area contributed by atoms with Crippen molar-refractivity contribution >= 4 is 5.69 Å². The van der Waals surface area contributed by atoms with Crippen molar-refractivity contribution in [2.24, 2.45) is 0 Å². The highest BCUT2D eigenvalue weighted by atomic mass is 19.1. The number of hydrazine groups is 1. The minimum atomic E-state index is -0.472. The van der Waals surface area contributed by atoms with Gasteiger partial charge in [-0.05, 0) is 38.8 Å². The van der Waals surface area contributed by atoms with E-state index in [1.807, 2.05) is 6.07 Å². The van der Waals surface area contributed by atoms with E-state index in [2.05, 4.69) is 24.3 Å². The Kier molecular flexibility index (Phi) is 3.83. The molecule has 1 N–H and O–H groups in total. The quantitative estimate of drug-likeness (QED) is 0.871. The summed E-state index contributed by atoms with van der Waals surface area (Å²) in [5, 5.41) is 11.1. The molecule has 0 radical (unpaired) electrons. The monoisotopic (exact) mass is 247 g/mol. The lowest BCUT2D eigenvalue weighted by Crippen LogP contribution is -2.47. The predicted octanol–water partition coefficient (Wildman–Crippen LogP) is 3.29. The lowest BCUT2D eigenvalue weighted by atomic mass is 10.00. The van der Waals surface area contributed by atoms with Crippen molar-refractivity contribution in [3.05, 3.63) is 29.6 Å². The zero-order valence-corrected chi connectivity index (χ0v) is 10.8. The van der Waals surface area contributed by atoms with Gasteiger partial charge in [-0.25, -0.2) is 9.40 Å². The van der Waals surface area contributed by atoms with Gasteiger partial charge in [-0.3, -0.25) is 0 Å². The van der Waals surface area contributed by atoms with Crippen LogP contribution in [0, 0.1) is 17.1 Å². The van der Waals surface area contributed by atoms with Gasteiger partial charge in [0.2, 0.25) is 0 Å². The average Bonchev–Trinajstić information content (AvgIpc) is 2.34. The van der Waals surface area contributed by atoms with Crippen molar-refractivity contribution in [1.82, 2.24) is 5.01 Å². The molecule has 0 saturated carbocycles.